The zero-order valence-corrected chi connectivity index (χ0v) is 19.9. The Bertz CT molecular complexity index is 1010. The molecule has 0 N–H and O–H groups in total. The van der Waals surface area contributed by atoms with Gasteiger partial charge in [-0.3, -0.25) is 4.79 Å². The van der Waals surface area contributed by atoms with Crippen LogP contribution in [0.25, 0.3) is 0 Å². The SMILES string of the molecule is CC(=O)ON1S[C@H](COCc2ccccc2)C(OCc2ccccc2)C1OCc1ccccc1. The van der Waals surface area contributed by atoms with Crippen LogP contribution >= 0.6 is 11.9 Å². The third-order valence-electron chi connectivity index (χ3n) is 5.26. The zero-order chi connectivity index (χ0) is 23.6. The van der Waals surface area contributed by atoms with Crippen molar-refractivity contribution in [1.29, 1.82) is 0 Å². The van der Waals surface area contributed by atoms with E-state index in [-0.39, 0.29) is 11.4 Å². The van der Waals surface area contributed by atoms with E-state index in [0.717, 1.165) is 16.7 Å². The number of ether oxygens (including phenoxy) is 3. The molecule has 0 aliphatic carbocycles. The maximum absolute atomic E-state index is 11.8. The number of rotatable bonds is 11. The summed E-state index contributed by atoms with van der Waals surface area (Å²) >= 11 is 1.38. The van der Waals surface area contributed by atoms with Gasteiger partial charge in [-0.05, 0) is 28.6 Å². The number of benzene rings is 3. The fourth-order valence-corrected chi connectivity index (χ4v) is 4.82. The predicted molar refractivity (Wildman–Crippen MR) is 131 cm³/mol. The van der Waals surface area contributed by atoms with Crippen molar-refractivity contribution >= 4 is 17.9 Å². The van der Waals surface area contributed by atoms with E-state index in [1.165, 1.54) is 23.3 Å². The summed E-state index contributed by atoms with van der Waals surface area (Å²) in [6.45, 7) is 3.08. The molecule has 3 aromatic rings. The van der Waals surface area contributed by atoms with Crippen molar-refractivity contribution in [2.45, 2.75) is 44.3 Å². The van der Waals surface area contributed by atoms with E-state index >= 15 is 0 Å². The van der Waals surface area contributed by atoms with Crippen LogP contribution in [0.5, 0.6) is 0 Å². The lowest BCUT2D eigenvalue weighted by Crippen LogP contribution is -2.41. The highest BCUT2D eigenvalue weighted by atomic mass is 32.2. The first kappa shape index (κ1) is 24.4. The fourth-order valence-electron chi connectivity index (χ4n) is 3.62. The third-order valence-corrected chi connectivity index (χ3v) is 6.42. The van der Waals surface area contributed by atoms with Gasteiger partial charge < -0.3 is 19.0 Å². The molecule has 1 aliphatic rings. The van der Waals surface area contributed by atoms with Crippen LogP contribution in [0.3, 0.4) is 0 Å². The van der Waals surface area contributed by atoms with Gasteiger partial charge in [-0.15, -0.1) is 0 Å². The van der Waals surface area contributed by atoms with Crippen LogP contribution in [0.15, 0.2) is 91.0 Å². The second kappa shape index (κ2) is 12.7. The summed E-state index contributed by atoms with van der Waals surface area (Å²) in [7, 11) is 0. The molecule has 3 atom stereocenters. The molecule has 0 saturated carbocycles. The molecule has 0 bridgehead atoms. The zero-order valence-electron chi connectivity index (χ0n) is 19.1. The topological polar surface area (TPSA) is 57.2 Å². The van der Waals surface area contributed by atoms with Gasteiger partial charge in [0.2, 0.25) is 0 Å². The molecule has 34 heavy (non-hydrogen) atoms. The molecular formula is C27H29NO5S. The largest absolute Gasteiger partial charge is 0.375 e. The van der Waals surface area contributed by atoms with Gasteiger partial charge in [-0.25, -0.2) is 0 Å². The number of carbonyl (C=O) groups excluding carboxylic acids is 1. The number of hydroxylamine groups is 1. The van der Waals surface area contributed by atoms with Crippen LogP contribution in [0.4, 0.5) is 0 Å². The number of carbonyl (C=O) groups is 1. The van der Waals surface area contributed by atoms with E-state index in [9.17, 15) is 4.79 Å². The molecular weight excluding hydrogens is 450 g/mol. The minimum atomic E-state index is -0.580. The van der Waals surface area contributed by atoms with Crippen LogP contribution in [0.2, 0.25) is 0 Å². The Balaban J connectivity index is 1.47. The van der Waals surface area contributed by atoms with E-state index < -0.39 is 12.2 Å². The molecule has 1 aliphatic heterocycles. The molecule has 3 aromatic carbocycles. The highest BCUT2D eigenvalue weighted by molar-refractivity contribution is 7.97. The maximum atomic E-state index is 11.8. The molecule has 7 heteroatoms. The highest BCUT2D eigenvalue weighted by Gasteiger charge is 2.47. The van der Waals surface area contributed by atoms with Crippen molar-refractivity contribution in [2.24, 2.45) is 0 Å². The fraction of sp³-hybridized carbons (Fsp3) is 0.296. The molecule has 0 aromatic heterocycles. The molecule has 1 saturated heterocycles. The summed E-state index contributed by atoms with van der Waals surface area (Å²) in [6, 6.07) is 29.9. The number of hydrogen-bond donors (Lipinski definition) is 0. The molecule has 2 unspecified atom stereocenters. The Labute approximate surface area is 204 Å². The molecule has 1 heterocycles. The Morgan fingerprint density at radius 2 is 1.26 bits per heavy atom. The van der Waals surface area contributed by atoms with Gasteiger partial charge in [0.1, 0.15) is 6.10 Å². The van der Waals surface area contributed by atoms with Crippen LogP contribution < -0.4 is 0 Å². The highest BCUT2D eigenvalue weighted by Crippen LogP contribution is 2.38. The minimum Gasteiger partial charge on any atom is -0.375 e. The summed E-state index contributed by atoms with van der Waals surface area (Å²) in [6.07, 6.45) is -0.952. The van der Waals surface area contributed by atoms with Gasteiger partial charge in [-0.1, -0.05) is 95.5 Å². The van der Waals surface area contributed by atoms with Crippen LogP contribution in [-0.2, 0) is 43.7 Å². The summed E-state index contributed by atoms with van der Waals surface area (Å²) in [4.78, 5) is 17.3. The van der Waals surface area contributed by atoms with Crippen molar-refractivity contribution in [1.82, 2.24) is 4.47 Å². The Morgan fingerprint density at radius 3 is 1.79 bits per heavy atom. The van der Waals surface area contributed by atoms with Gasteiger partial charge in [0.05, 0.1) is 31.7 Å². The molecule has 1 fully saturated rings. The third kappa shape index (κ3) is 7.16. The van der Waals surface area contributed by atoms with Crippen molar-refractivity contribution in [3.63, 3.8) is 0 Å². The van der Waals surface area contributed by atoms with Gasteiger partial charge in [0.15, 0.2) is 6.23 Å². The van der Waals surface area contributed by atoms with Gasteiger partial charge >= 0.3 is 5.97 Å². The predicted octanol–water partition coefficient (Wildman–Crippen LogP) is 5.14. The van der Waals surface area contributed by atoms with E-state index in [0.29, 0.717) is 26.4 Å². The first-order valence-corrected chi connectivity index (χ1v) is 12.1. The van der Waals surface area contributed by atoms with E-state index in [2.05, 4.69) is 0 Å². The Hall–Kier alpha value is -2.68. The van der Waals surface area contributed by atoms with E-state index in [1.54, 1.807) is 0 Å². The van der Waals surface area contributed by atoms with Crippen LogP contribution in [0, 0.1) is 0 Å². The monoisotopic (exact) mass is 479 g/mol. The quantitative estimate of drug-likeness (QED) is 0.353. The molecule has 0 radical (unpaired) electrons. The minimum absolute atomic E-state index is 0.118. The Kier molecular flexibility index (Phi) is 9.12. The van der Waals surface area contributed by atoms with Crippen molar-refractivity contribution in [3.05, 3.63) is 108 Å². The standard InChI is InChI=1S/C27H29NO5S/c1-21(29)33-28-27(32-19-24-15-9-4-10-16-24)26(31-18-23-13-7-3-8-14-23)25(34-28)20-30-17-22-11-5-2-6-12-22/h2-16,25-27H,17-20H2,1H3/t25-,26?,27?/m1/s1. The molecule has 4 rings (SSSR count). The van der Waals surface area contributed by atoms with Crippen molar-refractivity contribution < 1.29 is 23.8 Å². The average molecular weight is 480 g/mol. The molecule has 178 valence electrons. The number of hydrogen-bond acceptors (Lipinski definition) is 7. The van der Waals surface area contributed by atoms with Crippen molar-refractivity contribution in [3.8, 4) is 0 Å². The maximum Gasteiger partial charge on any atom is 0.323 e. The Morgan fingerprint density at radius 1 is 0.765 bits per heavy atom. The summed E-state index contributed by atoms with van der Waals surface area (Å²) in [5.74, 6) is -0.409. The van der Waals surface area contributed by atoms with Crippen molar-refractivity contribution in [2.75, 3.05) is 6.61 Å². The smallest absolute Gasteiger partial charge is 0.323 e. The first-order valence-electron chi connectivity index (χ1n) is 11.3. The van der Waals surface area contributed by atoms with Crippen LogP contribution in [0.1, 0.15) is 23.6 Å². The first-order chi connectivity index (χ1) is 16.7. The van der Waals surface area contributed by atoms with Gasteiger partial charge in [0, 0.05) is 6.92 Å². The summed E-state index contributed by atoms with van der Waals surface area (Å²) in [5, 5.41) is -0.118. The lowest BCUT2D eigenvalue weighted by molar-refractivity contribution is -0.219. The summed E-state index contributed by atoms with van der Waals surface area (Å²) in [5.41, 5.74) is 3.19. The van der Waals surface area contributed by atoms with Gasteiger partial charge in [0.25, 0.3) is 0 Å². The second-order valence-electron chi connectivity index (χ2n) is 7.96. The lowest BCUT2D eigenvalue weighted by atomic mass is 10.2. The second-order valence-corrected chi connectivity index (χ2v) is 9.14. The van der Waals surface area contributed by atoms with E-state index in [4.69, 9.17) is 19.0 Å². The normalized spacial score (nSPS) is 20.3. The average Bonchev–Trinajstić information content (AvgIpc) is 3.18. The molecule has 0 amide bonds. The number of nitrogens with zero attached hydrogens (tertiary/aromatic N) is 1. The molecule has 6 nitrogen and oxygen atoms in total. The van der Waals surface area contributed by atoms with E-state index in [1.807, 2.05) is 91.0 Å². The summed E-state index contributed by atoms with van der Waals surface area (Å²) < 4.78 is 20.1. The van der Waals surface area contributed by atoms with Gasteiger partial charge in [-0.2, -0.15) is 0 Å². The van der Waals surface area contributed by atoms with Crippen LogP contribution in [-0.4, -0.2) is 34.6 Å². The lowest BCUT2D eigenvalue weighted by Gasteiger charge is -2.26. The molecule has 0 spiro atoms.